The first-order valence-electron chi connectivity index (χ1n) is 9.15. The van der Waals surface area contributed by atoms with E-state index in [1.165, 1.54) is 22.7 Å². The molecule has 0 aliphatic carbocycles. The second kappa shape index (κ2) is 8.37. The first kappa shape index (κ1) is 20.2. The normalized spacial score (nSPS) is 16.4. The standard InChI is InChI=1S/C21H18N2O5S2/c1-12-2-4-15(24)14(8-12)19(25)22-6-7-23-20(26)18(30-21(23)29)10-13-3-5-16-17(9-13)28-11-27-16/h2-5,8-10,24H,6-7,11H2,1H3,(H,22,25). The van der Waals surface area contributed by atoms with Gasteiger partial charge in [0.15, 0.2) is 11.5 Å². The summed E-state index contributed by atoms with van der Waals surface area (Å²) in [5.41, 5.74) is 1.87. The molecule has 0 atom stereocenters. The number of thioether (sulfide) groups is 1. The van der Waals surface area contributed by atoms with Crippen molar-refractivity contribution in [3.05, 3.63) is 58.0 Å². The molecule has 1 fully saturated rings. The number of carbonyl (C=O) groups is 2. The summed E-state index contributed by atoms with van der Waals surface area (Å²) in [6, 6.07) is 10.3. The third-order valence-electron chi connectivity index (χ3n) is 4.59. The highest BCUT2D eigenvalue weighted by Crippen LogP contribution is 2.36. The van der Waals surface area contributed by atoms with Gasteiger partial charge in [-0.15, -0.1) is 0 Å². The first-order chi connectivity index (χ1) is 14.4. The maximum Gasteiger partial charge on any atom is 0.266 e. The maximum atomic E-state index is 12.7. The van der Waals surface area contributed by atoms with Crippen molar-refractivity contribution < 1.29 is 24.2 Å². The number of thiocarbonyl (C=S) groups is 1. The van der Waals surface area contributed by atoms with Gasteiger partial charge >= 0.3 is 0 Å². The van der Waals surface area contributed by atoms with Gasteiger partial charge in [0.05, 0.1) is 10.5 Å². The molecule has 9 heteroatoms. The summed E-state index contributed by atoms with van der Waals surface area (Å²) in [4.78, 5) is 27.0. The monoisotopic (exact) mass is 442 g/mol. The number of fused-ring (bicyclic) bond motifs is 1. The van der Waals surface area contributed by atoms with Crippen LogP contribution in [0, 0.1) is 6.92 Å². The van der Waals surface area contributed by atoms with E-state index in [0.717, 1.165) is 11.1 Å². The fraction of sp³-hybridized carbons (Fsp3) is 0.190. The Labute approximate surface area is 182 Å². The molecule has 0 aromatic heterocycles. The summed E-state index contributed by atoms with van der Waals surface area (Å²) in [5.74, 6) is 0.611. The molecule has 1 saturated heterocycles. The lowest BCUT2D eigenvalue weighted by Crippen LogP contribution is -2.37. The highest BCUT2D eigenvalue weighted by atomic mass is 32.2. The number of hydrogen-bond acceptors (Lipinski definition) is 7. The SMILES string of the molecule is Cc1ccc(O)c(C(=O)NCCN2C(=O)C(=Cc3ccc4c(c3)OCO4)SC2=S)c1. The average molecular weight is 443 g/mol. The summed E-state index contributed by atoms with van der Waals surface area (Å²) in [6.07, 6.45) is 1.75. The minimum atomic E-state index is -0.405. The van der Waals surface area contributed by atoms with Crippen molar-refractivity contribution in [2.24, 2.45) is 0 Å². The largest absolute Gasteiger partial charge is 0.507 e. The summed E-state index contributed by atoms with van der Waals surface area (Å²) >= 11 is 6.54. The Morgan fingerprint density at radius 2 is 2.07 bits per heavy atom. The minimum absolute atomic E-state index is 0.0876. The van der Waals surface area contributed by atoms with E-state index in [0.29, 0.717) is 20.7 Å². The van der Waals surface area contributed by atoms with E-state index in [-0.39, 0.29) is 37.1 Å². The number of amides is 2. The molecule has 154 valence electrons. The molecule has 2 aromatic rings. The van der Waals surface area contributed by atoms with Gasteiger partial charge in [-0.1, -0.05) is 41.7 Å². The zero-order valence-corrected chi connectivity index (χ0v) is 17.6. The van der Waals surface area contributed by atoms with Crippen LogP contribution in [0.1, 0.15) is 21.5 Å². The smallest absolute Gasteiger partial charge is 0.266 e. The lowest BCUT2D eigenvalue weighted by atomic mass is 10.1. The highest BCUT2D eigenvalue weighted by molar-refractivity contribution is 8.26. The summed E-state index contributed by atoms with van der Waals surface area (Å²) in [7, 11) is 0. The predicted octanol–water partition coefficient (Wildman–Crippen LogP) is 3.06. The Morgan fingerprint density at radius 1 is 1.27 bits per heavy atom. The number of phenolic OH excluding ortho intramolecular Hbond substituents is 1. The number of aromatic hydroxyl groups is 1. The molecule has 2 N–H and O–H groups in total. The number of benzene rings is 2. The Balaban J connectivity index is 1.38. The zero-order chi connectivity index (χ0) is 21.3. The van der Waals surface area contributed by atoms with E-state index in [1.54, 1.807) is 24.3 Å². The third kappa shape index (κ3) is 4.12. The van der Waals surface area contributed by atoms with Crippen LogP contribution >= 0.6 is 24.0 Å². The average Bonchev–Trinajstić information content (AvgIpc) is 3.29. The van der Waals surface area contributed by atoms with Crippen molar-refractivity contribution in [2.45, 2.75) is 6.92 Å². The molecular formula is C21H18N2O5S2. The highest BCUT2D eigenvalue weighted by Gasteiger charge is 2.31. The van der Waals surface area contributed by atoms with E-state index >= 15 is 0 Å². The summed E-state index contributed by atoms with van der Waals surface area (Å²) < 4.78 is 11.1. The minimum Gasteiger partial charge on any atom is -0.507 e. The number of nitrogens with one attached hydrogen (secondary N) is 1. The Morgan fingerprint density at radius 3 is 2.90 bits per heavy atom. The van der Waals surface area contributed by atoms with E-state index < -0.39 is 5.91 Å². The van der Waals surface area contributed by atoms with Crippen LogP contribution in [-0.2, 0) is 4.79 Å². The van der Waals surface area contributed by atoms with Crippen LogP contribution < -0.4 is 14.8 Å². The molecule has 2 aromatic carbocycles. The van der Waals surface area contributed by atoms with Crippen molar-refractivity contribution in [2.75, 3.05) is 19.9 Å². The fourth-order valence-electron chi connectivity index (χ4n) is 3.06. The van der Waals surface area contributed by atoms with Crippen molar-refractivity contribution in [1.82, 2.24) is 10.2 Å². The van der Waals surface area contributed by atoms with Crippen LogP contribution in [0.25, 0.3) is 6.08 Å². The lowest BCUT2D eigenvalue weighted by molar-refractivity contribution is -0.122. The molecule has 2 aliphatic heterocycles. The number of hydrogen-bond donors (Lipinski definition) is 2. The molecule has 2 aliphatic rings. The summed E-state index contributed by atoms with van der Waals surface area (Å²) in [5, 5.41) is 12.6. The Bertz CT molecular complexity index is 1080. The summed E-state index contributed by atoms with van der Waals surface area (Å²) in [6.45, 7) is 2.47. The topological polar surface area (TPSA) is 88.1 Å². The van der Waals surface area contributed by atoms with Gasteiger partial charge in [0.25, 0.3) is 11.8 Å². The van der Waals surface area contributed by atoms with E-state index in [2.05, 4.69) is 5.32 Å². The van der Waals surface area contributed by atoms with Crippen molar-refractivity contribution in [1.29, 1.82) is 0 Å². The second-order valence-corrected chi connectivity index (χ2v) is 8.40. The molecule has 2 heterocycles. The van der Waals surface area contributed by atoms with Crippen molar-refractivity contribution in [3.8, 4) is 17.2 Å². The fourth-order valence-corrected chi connectivity index (χ4v) is 4.36. The molecule has 2 amide bonds. The molecule has 0 bridgehead atoms. The molecule has 0 unspecified atom stereocenters. The second-order valence-electron chi connectivity index (χ2n) is 6.72. The molecule has 0 spiro atoms. The van der Waals surface area contributed by atoms with Crippen molar-refractivity contribution in [3.63, 3.8) is 0 Å². The van der Waals surface area contributed by atoms with Gasteiger partial charge in [0, 0.05) is 13.1 Å². The van der Waals surface area contributed by atoms with Crippen LogP contribution in [0.15, 0.2) is 41.3 Å². The number of carbonyl (C=O) groups excluding carboxylic acids is 2. The van der Waals surface area contributed by atoms with Crippen LogP contribution in [0.3, 0.4) is 0 Å². The van der Waals surface area contributed by atoms with E-state index in [1.807, 2.05) is 19.1 Å². The molecule has 0 radical (unpaired) electrons. The van der Waals surface area contributed by atoms with Crippen LogP contribution in [0.2, 0.25) is 0 Å². The Kier molecular flexibility index (Phi) is 5.65. The van der Waals surface area contributed by atoms with Gasteiger partial charge in [-0.25, -0.2) is 0 Å². The molecule has 30 heavy (non-hydrogen) atoms. The van der Waals surface area contributed by atoms with Gasteiger partial charge in [0.1, 0.15) is 10.1 Å². The van der Waals surface area contributed by atoms with Gasteiger partial charge in [0.2, 0.25) is 6.79 Å². The third-order valence-corrected chi connectivity index (χ3v) is 5.96. The number of aryl methyl sites for hydroxylation is 1. The van der Waals surface area contributed by atoms with Gasteiger partial charge in [-0.05, 0) is 42.8 Å². The van der Waals surface area contributed by atoms with Crippen LogP contribution in [-0.4, -0.2) is 46.0 Å². The van der Waals surface area contributed by atoms with Crippen molar-refractivity contribution >= 4 is 46.2 Å². The van der Waals surface area contributed by atoms with Gasteiger partial charge < -0.3 is 19.9 Å². The predicted molar refractivity (Wildman–Crippen MR) is 118 cm³/mol. The van der Waals surface area contributed by atoms with E-state index in [4.69, 9.17) is 21.7 Å². The quantitative estimate of drug-likeness (QED) is 0.544. The number of ether oxygens (including phenoxy) is 2. The van der Waals surface area contributed by atoms with Crippen LogP contribution in [0.4, 0.5) is 0 Å². The number of rotatable bonds is 5. The van der Waals surface area contributed by atoms with E-state index in [9.17, 15) is 14.7 Å². The van der Waals surface area contributed by atoms with Gasteiger partial charge in [-0.3, -0.25) is 14.5 Å². The Hall–Kier alpha value is -3.04. The molecular weight excluding hydrogens is 424 g/mol. The lowest BCUT2D eigenvalue weighted by Gasteiger charge is -2.15. The molecule has 0 saturated carbocycles. The molecule has 7 nitrogen and oxygen atoms in total. The first-order valence-corrected chi connectivity index (χ1v) is 10.4. The van der Waals surface area contributed by atoms with Gasteiger partial charge in [-0.2, -0.15) is 0 Å². The maximum absolute atomic E-state index is 12.7. The molecule has 4 rings (SSSR count). The zero-order valence-electron chi connectivity index (χ0n) is 16.0. The number of nitrogens with zero attached hydrogens (tertiary/aromatic N) is 1. The van der Waals surface area contributed by atoms with Crippen LogP contribution in [0.5, 0.6) is 17.2 Å². The number of phenols is 1.